The minimum absolute atomic E-state index is 0.299. The maximum atomic E-state index is 12.0. The summed E-state index contributed by atoms with van der Waals surface area (Å²) in [5, 5.41) is 0. The number of carbonyl (C=O) groups is 1. The first kappa shape index (κ1) is 20.5. The van der Waals surface area contributed by atoms with Crippen LogP contribution in [-0.2, 0) is 4.79 Å². The Morgan fingerprint density at radius 3 is 1.74 bits per heavy atom. The molecular formula is C21H41NO. The van der Waals surface area contributed by atoms with Crippen LogP contribution in [0.4, 0.5) is 0 Å². The van der Waals surface area contributed by atoms with Gasteiger partial charge in [-0.1, -0.05) is 90.4 Å². The number of hydrogen-bond donors (Lipinski definition) is 0. The van der Waals surface area contributed by atoms with Gasteiger partial charge in [-0.15, -0.1) is 0 Å². The lowest BCUT2D eigenvalue weighted by Gasteiger charge is -2.30. The highest BCUT2D eigenvalue weighted by Crippen LogP contribution is 2.22. The molecule has 0 heterocycles. The highest BCUT2D eigenvalue weighted by molar-refractivity contribution is 5.73. The maximum absolute atomic E-state index is 12.0. The lowest BCUT2D eigenvalue weighted by Crippen LogP contribution is -2.39. The number of amides is 1. The first-order valence-corrected chi connectivity index (χ1v) is 10.5. The fourth-order valence-electron chi connectivity index (χ4n) is 3.94. The Hall–Kier alpha value is -0.530. The molecule has 1 aliphatic rings. The van der Waals surface area contributed by atoms with Crippen LogP contribution in [0.25, 0.3) is 0 Å². The summed E-state index contributed by atoms with van der Waals surface area (Å²) in [5.41, 5.74) is 0. The van der Waals surface area contributed by atoms with Crippen LogP contribution in [0.15, 0.2) is 0 Å². The van der Waals surface area contributed by atoms with Gasteiger partial charge in [0.25, 0.3) is 0 Å². The number of rotatable bonds is 12. The lowest BCUT2D eigenvalue weighted by molar-refractivity contribution is -0.131. The van der Waals surface area contributed by atoms with E-state index in [1.165, 1.54) is 103 Å². The highest BCUT2D eigenvalue weighted by atomic mass is 16.2. The second kappa shape index (κ2) is 13.9. The average Bonchev–Trinajstić information content (AvgIpc) is 2.81. The summed E-state index contributed by atoms with van der Waals surface area (Å²) in [6.07, 6.45) is 21.5. The monoisotopic (exact) mass is 323 g/mol. The van der Waals surface area contributed by atoms with Crippen LogP contribution in [0, 0.1) is 0 Å². The van der Waals surface area contributed by atoms with Crippen LogP contribution in [-0.4, -0.2) is 23.4 Å². The second-order valence-electron chi connectivity index (χ2n) is 7.54. The van der Waals surface area contributed by atoms with Crippen molar-refractivity contribution < 1.29 is 4.79 Å². The van der Waals surface area contributed by atoms with Gasteiger partial charge in [0.2, 0.25) is 5.91 Å². The van der Waals surface area contributed by atoms with E-state index < -0.39 is 0 Å². The van der Waals surface area contributed by atoms with E-state index in [2.05, 4.69) is 11.8 Å². The Kier molecular flexibility index (Phi) is 12.4. The summed E-state index contributed by atoms with van der Waals surface area (Å²) >= 11 is 0. The molecule has 0 N–H and O–H groups in total. The molecule has 0 unspecified atom stereocenters. The summed E-state index contributed by atoms with van der Waals surface area (Å²) in [6.45, 7) is 5.04. The Labute approximate surface area is 145 Å². The smallest absolute Gasteiger partial charge is 0.219 e. The van der Waals surface area contributed by atoms with Crippen molar-refractivity contribution in [3.63, 3.8) is 0 Å². The normalized spacial score (nSPS) is 16.3. The van der Waals surface area contributed by atoms with Crippen LogP contribution < -0.4 is 0 Å². The number of unbranched alkanes of at least 4 members (excludes halogenated alkanes) is 9. The molecule has 0 saturated heterocycles. The fourth-order valence-corrected chi connectivity index (χ4v) is 3.94. The quantitative estimate of drug-likeness (QED) is 0.297. The van der Waals surface area contributed by atoms with Gasteiger partial charge in [-0.25, -0.2) is 0 Å². The molecule has 1 amide bonds. The SMILES string of the molecule is CCCCCCCCCCCCN(C(C)=O)C1CCCCCC1. The topological polar surface area (TPSA) is 20.3 Å². The fraction of sp³-hybridized carbons (Fsp3) is 0.952. The van der Waals surface area contributed by atoms with Crippen molar-refractivity contribution in [1.29, 1.82) is 0 Å². The van der Waals surface area contributed by atoms with Crippen molar-refractivity contribution in [2.75, 3.05) is 6.54 Å². The minimum atomic E-state index is 0.299. The molecule has 2 nitrogen and oxygen atoms in total. The molecule has 0 bridgehead atoms. The van der Waals surface area contributed by atoms with Crippen LogP contribution in [0.5, 0.6) is 0 Å². The van der Waals surface area contributed by atoms with E-state index in [1.807, 2.05) is 0 Å². The molecule has 23 heavy (non-hydrogen) atoms. The molecule has 1 aliphatic carbocycles. The molecule has 0 aromatic heterocycles. The zero-order valence-electron chi connectivity index (χ0n) is 16.0. The summed E-state index contributed by atoms with van der Waals surface area (Å²) in [5.74, 6) is 0.299. The molecule has 0 spiro atoms. The third kappa shape index (κ3) is 10.0. The van der Waals surface area contributed by atoms with Crippen LogP contribution in [0.1, 0.15) is 117 Å². The largest absolute Gasteiger partial charge is 0.340 e. The van der Waals surface area contributed by atoms with Crippen molar-refractivity contribution >= 4 is 5.91 Å². The zero-order valence-corrected chi connectivity index (χ0v) is 16.0. The average molecular weight is 324 g/mol. The third-order valence-electron chi connectivity index (χ3n) is 5.42. The predicted octanol–water partition coefficient (Wildman–Crippen LogP) is 6.48. The molecule has 136 valence electrons. The highest BCUT2D eigenvalue weighted by Gasteiger charge is 2.21. The summed E-state index contributed by atoms with van der Waals surface area (Å²) < 4.78 is 0. The molecular weight excluding hydrogens is 282 g/mol. The Balaban J connectivity index is 2.05. The summed E-state index contributed by atoms with van der Waals surface area (Å²) in [7, 11) is 0. The lowest BCUT2D eigenvalue weighted by atomic mass is 10.0. The molecule has 0 aliphatic heterocycles. The molecule has 0 aromatic carbocycles. The van der Waals surface area contributed by atoms with Gasteiger partial charge in [0.15, 0.2) is 0 Å². The van der Waals surface area contributed by atoms with Gasteiger partial charge in [0.1, 0.15) is 0 Å². The van der Waals surface area contributed by atoms with Crippen molar-refractivity contribution in [2.45, 2.75) is 123 Å². The van der Waals surface area contributed by atoms with Gasteiger partial charge in [0.05, 0.1) is 0 Å². The van der Waals surface area contributed by atoms with E-state index in [0.717, 1.165) is 6.54 Å². The minimum Gasteiger partial charge on any atom is -0.340 e. The standard InChI is InChI=1S/C21H41NO/c1-3-4-5-6-7-8-9-10-13-16-19-22(20(2)23)21-17-14-11-12-15-18-21/h21H,3-19H2,1-2H3. The first-order valence-electron chi connectivity index (χ1n) is 10.5. The maximum Gasteiger partial charge on any atom is 0.219 e. The van der Waals surface area contributed by atoms with Crippen molar-refractivity contribution in [3.8, 4) is 0 Å². The summed E-state index contributed by atoms with van der Waals surface area (Å²) in [4.78, 5) is 14.2. The molecule has 0 aromatic rings. The predicted molar refractivity (Wildman–Crippen MR) is 101 cm³/mol. The van der Waals surface area contributed by atoms with E-state index in [0.29, 0.717) is 11.9 Å². The van der Waals surface area contributed by atoms with E-state index in [4.69, 9.17) is 0 Å². The zero-order chi connectivity index (χ0) is 16.8. The number of carbonyl (C=O) groups excluding carboxylic acids is 1. The van der Waals surface area contributed by atoms with Gasteiger partial charge in [0, 0.05) is 19.5 Å². The van der Waals surface area contributed by atoms with Crippen molar-refractivity contribution in [3.05, 3.63) is 0 Å². The molecule has 0 atom stereocenters. The Morgan fingerprint density at radius 2 is 1.26 bits per heavy atom. The Morgan fingerprint density at radius 1 is 0.783 bits per heavy atom. The molecule has 0 radical (unpaired) electrons. The third-order valence-corrected chi connectivity index (χ3v) is 5.42. The van der Waals surface area contributed by atoms with E-state index >= 15 is 0 Å². The van der Waals surface area contributed by atoms with Crippen molar-refractivity contribution in [1.82, 2.24) is 4.90 Å². The van der Waals surface area contributed by atoms with E-state index in [-0.39, 0.29) is 0 Å². The second-order valence-corrected chi connectivity index (χ2v) is 7.54. The van der Waals surface area contributed by atoms with E-state index in [1.54, 1.807) is 6.92 Å². The summed E-state index contributed by atoms with van der Waals surface area (Å²) in [6, 6.07) is 0.536. The van der Waals surface area contributed by atoms with Gasteiger partial charge < -0.3 is 4.90 Å². The molecule has 2 heteroatoms. The van der Waals surface area contributed by atoms with Gasteiger partial charge >= 0.3 is 0 Å². The number of nitrogens with zero attached hydrogens (tertiary/aromatic N) is 1. The van der Waals surface area contributed by atoms with Gasteiger partial charge in [-0.2, -0.15) is 0 Å². The van der Waals surface area contributed by atoms with Crippen LogP contribution in [0.3, 0.4) is 0 Å². The Bertz CT molecular complexity index is 282. The number of hydrogen-bond acceptors (Lipinski definition) is 1. The molecule has 1 fully saturated rings. The first-order chi connectivity index (χ1) is 11.3. The van der Waals surface area contributed by atoms with E-state index in [9.17, 15) is 4.79 Å². The van der Waals surface area contributed by atoms with Crippen molar-refractivity contribution in [2.24, 2.45) is 0 Å². The van der Waals surface area contributed by atoms with Gasteiger partial charge in [-0.3, -0.25) is 4.79 Å². The molecule has 1 rings (SSSR count). The van der Waals surface area contributed by atoms with Crippen LogP contribution in [0.2, 0.25) is 0 Å². The van der Waals surface area contributed by atoms with Crippen LogP contribution >= 0.6 is 0 Å². The van der Waals surface area contributed by atoms with Gasteiger partial charge in [-0.05, 0) is 19.3 Å². The molecule has 1 saturated carbocycles.